The van der Waals surface area contributed by atoms with Crippen LogP contribution in [0, 0.1) is 6.92 Å². The van der Waals surface area contributed by atoms with Crippen LogP contribution in [0.25, 0.3) is 6.08 Å². The summed E-state index contributed by atoms with van der Waals surface area (Å²) in [5.41, 5.74) is 1.99. The second kappa shape index (κ2) is 7.06. The molecule has 2 rings (SSSR count). The Morgan fingerprint density at radius 2 is 2.14 bits per heavy atom. The van der Waals surface area contributed by atoms with Gasteiger partial charge in [0, 0.05) is 7.11 Å². The van der Waals surface area contributed by atoms with E-state index in [1.165, 1.54) is 11.8 Å². The molecule has 0 N–H and O–H groups in total. The summed E-state index contributed by atoms with van der Waals surface area (Å²) in [6.45, 7) is 2.93. The molecule has 1 aromatic rings. The van der Waals surface area contributed by atoms with E-state index in [1.807, 2.05) is 31.2 Å². The third kappa shape index (κ3) is 3.64. The average Bonchev–Trinajstić information content (AvgIpc) is 2.72. The van der Waals surface area contributed by atoms with E-state index in [-0.39, 0.29) is 5.91 Å². The van der Waals surface area contributed by atoms with E-state index in [0.29, 0.717) is 22.4 Å². The normalized spacial score (nSPS) is 16.9. The maximum atomic E-state index is 12.3. The van der Waals surface area contributed by atoms with Gasteiger partial charge in [-0.05, 0) is 36.3 Å². The van der Waals surface area contributed by atoms with Crippen LogP contribution < -0.4 is 4.74 Å². The van der Waals surface area contributed by atoms with Crippen LogP contribution >= 0.6 is 24.0 Å². The highest BCUT2D eigenvalue weighted by atomic mass is 32.2. The van der Waals surface area contributed by atoms with Gasteiger partial charge in [-0.25, -0.2) is 0 Å². The number of carbonyl (C=O) groups excluding carboxylic acids is 1. The van der Waals surface area contributed by atoms with Gasteiger partial charge < -0.3 is 9.47 Å². The van der Waals surface area contributed by atoms with Crippen molar-refractivity contribution in [1.29, 1.82) is 0 Å². The molecule has 1 amide bonds. The quantitative estimate of drug-likeness (QED) is 0.615. The van der Waals surface area contributed by atoms with Gasteiger partial charge in [0.2, 0.25) is 0 Å². The number of methoxy groups -OCH3 is 2. The topological polar surface area (TPSA) is 38.8 Å². The number of hydrogen-bond acceptors (Lipinski definition) is 5. The first-order valence-electron chi connectivity index (χ1n) is 6.45. The number of thioether (sulfide) groups is 1. The minimum atomic E-state index is -0.0597. The smallest absolute Gasteiger partial charge is 0.266 e. The second-order valence-corrected chi connectivity index (χ2v) is 6.23. The van der Waals surface area contributed by atoms with Crippen LogP contribution in [0.4, 0.5) is 0 Å². The van der Waals surface area contributed by atoms with Crippen LogP contribution in [0.3, 0.4) is 0 Å². The summed E-state index contributed by atoms with van der Waals surface area (Å²) < 4.78 is 10.8. The number of ether oxygens (including phenoxy) is 2. The van der Waals surface area contributed by atoms with Crippen molar-refractivity contribution in [2.24, 2.45) is 0 Å². The lowest BCUT2D eigenvalue weighted by molar-refractivity contribution is -0.122. The highest BCUT2D eigenvalue weighted by molar-refractivity contribution is 8.26. The van der Waals surface area contributed by atoms with E-state index in [9.17, 15) is 4.79 Å². The van der Waals surface area contributed by atoms with Gasteiger partial charge in [0.15, 0.2) is 0 Å². The molecule has 0 radical (unpaired) electrons. The largest absolute Gasteiger partial charge is 0.496 e. The maximum absolute atomic E-state index is 12.3. The molecule has 1 fully saturated rings. The monoisotopic (exact) mass is 323 g/mol. The fraction of sp³-hybridized carbons (Fsp3) is 0.333. The molecule has 0 spiro atoms. The van der Waals surface area contributed by atoms with Crippen molar-refractivity contribution in [2.45, 2.75) is 6.92 Å². The summed E-state index contributed by atoms with van der Waals surface area (Å²) in [5, 5.41) is 0. The van der Waals surface area contributed by atoms with Crippen LogP contribution in [0.15, 0.2) is 23.1 Å². The Morgan fingerprint density at radius 3 is 2.76 bits per heavy atom. The number of hydrogen-bond donors (Lipinski definition) is 0. The number of amides is 1. The molecule has 1 heterocycles. The number of thiocarbonyl (C=S) groups is 1. The van der Waals surface area contributed by atoms with Crippen LogP contribution in [0.1, 0.15) is 11.1 Å². The first-order chi connectivity index (χ1) is 10.1. The molecule has 1 aromatic carbocycles. The molecule has 1 saturated heterocycles. The minimum Gasteiger partial charge on any atom is -0.496 e. The molecule has 0 aromatic heterocycles. The van der Waals surface area contributed by atoms with E-state index in [0.717, 1.165) is 16.9 Å². The lowest BCUT2D eigenvalue weighted by atomic mass is 10.1. The van der Waals surface area contributed by atoms with Gasteiger partial charge in [0.05, 0.1) is 25.2 Å². The van der Waals surface area contributed by atoms with Gasteiger partial charge in [-0.3, -0.25) is 9.69 Å². The van der Waals surface area contributed by atoms with E-state index in [2.05, 4.69) is 0 Å². The Bertz CT molecular complexity index is 599. The predicted molar refractivity (Wildman–Crippen MR) is 89.5 cm³/mol. The summed E-state index contributed by atoms with van der Waals surface area (Å²) in [4.78, 5) is 14.5. The number of benzene rings is 1. The van der Waals surface area contributed by atoms with Crippen LogP contribution in [0.5, 0.6) is 5.75 Å². The third-order valence-electron chi connectivity index (χ3n) is 3.11. The fourth-order valence-corrected chi connectivity index (χ4v) is 3.33. The van der Waals surface area contributed by atoms with Crippen LogP contribution in [-0.4, -0.2) is 42.5 Å². The van der Waals surface area contributed by atoms with Gasteiger partial charge in [0.25, 0.3) is 5.91 Å². The van der Waals surface area contributed by atoms with E-state index in [4.69, 9.17) is 21.7 Å². The average molecular weight is 323 g/mol. The maximum Gasteiger partial charge on any atom is 0.266 e. The van der Waals surface area contributed by atoms with E-state index < -0.39 is 0 Å². The van der Waals surface area contributed by atoms with Gasteiger partial charge >= 0.3 is 0 Å². The molecule has 4 nitrogen and oxygen atoms in total. The van der Waals surface area contributed by atoms with Crippen molar-refractivity contribution in [3.63, 3.8) is 0 Å². The fourth-order valence-electron chi connectivity index (χ4n) is 2.02. The van der Waals surface area contributed by atoms with Crippen molar-refractivity contribution in [3.8, 4) is 5.75 Å². The Morgan fingerprint density at radius 1 is 1.38 bits per heavy atom. The molecule has 0 atom stereocenters. The lowest BCUT2D eigenvalue weighted by Crippen LogP contribution is -2.31. The Kier molecular flexibility index (Phi) is 5.39. The molecule has 1 aliphatic heterocycles. The molecule has 6 heteroatoms. The zero-order valence-corrected chi connectivity index (χ0v) is 13.8. The molecule has 21 heavy (non-hydrogen) atoms. The predicted octanol–water partition coefficient (Wildman–Crippen LogP) is 2.85. The van der Waals surface area contributed by atoms with Gasteiger partial charge in [-0.2, -0.15) is 0 Å². The molecule has 112 valence electrons. The Hall–Kier alpha value is -1.37. The van der Waals surface area contributed by atoms with Crippen LogP contribution in [-0.2, 0) is 9.53 Å². The molecule has 0 unspecified atom stereocenters. The highest BCUT2D eigenvalue weighted by Crippen LogP contribution is 2.32. The SMILES string of the molecule is COCCN1C(=O)C(=Cc2ccc(OC)c(C)c2)SC1=S. The zero-order chi connectivity index (χ0) is 15.4. The number of rotatable bonds is 5. The van der Waals surface area contributed by atoms with Crippen LogP contribution in [0.2, 0.25) is 0 Å². The zero-order valence-electron chi connectivity index (χ0n) is 12.2. The summed E-state index contributed by atoms with van der Waals surface area (Å²) in [6, 6.07) is 5.81. The number of carbonyl (C=O) groups is 1. The second-order valence-electron chi connectivity index (χ2n) is 4.56. The Balaban J connectivity index is 2.20. The van der Waals surface area contributed by atoms with Crippen molar-refractivity contribution < 1.29 is 14.3 Å². The van der Waals surface area contributed by atoms with Crippen molar-refractivity contribution >= 4 is 40.3 Å². The minimum absolute atomic E-state index is 0.0597. The molecular formula is C15H17NO3S2. The third-order valence-corrected chi connectivity index (χ3v) is 4.49. The van der Waals surface area contributed by atoms with E-state index in [1.54, 1.807) is 19.1 Å². The number of aryl methyl sites for hydroxylation is 1. The first-order valence-corrected chi connectivity index (χ1v) is 7.68. The lowest BCUT2D eigenvalue weighted by Gasteiger charge is -2.12. The summed E-state index contributed by atoms with van der Waals surface area (Å²) in [6.07, 6.45) is 1.86. The summed E-state index contributed by atoms with van der Waals surface area (Å²) >= 11 is 6.57. The Labute approximate surface area is 134 Å². The van der Waals surface area contributed by atoms with Gasteiger partial charge in [-0.1, -0.05) is 30.0 Å². The number of nitrogens with zero attached hydrogens (tertiary/aromatic N) is 1. The molecule has 0 saturated carbocycles. The van der Waals surface area contributed by atoms with Gasteiger partial charge in [-0.15, -0.1) is 0 Å². The van der Waals surface area contributed by atoms with Gasteiger partial charge in [0.1, 0.15) is 10.1 Å². The summed E-state index contributed by atoms with van der Waals surface area (Å²) in [7, 11) is 3.25. The molecular weight excluding hydrogens is 306 g/mol. The standard InChI is InChI=1S/C15H17NO3S2/c1-10-8-11(4-5-12(10)19-3)9-13-14(17)16(6-7-18-2)15(20)21-13/h4-5,8-9H,6-7H2,1-3H3. The highest BCUT2D eigenvalue weighted by Gasteiger charge is 2.31. The summed E-state index contributed by atoms with van der Waals surface area (Å²) in [5.74, 6) is 0.773. The van der Waals surface area contributed by atoms with Crippen molar-refractivity contribution in [3.05, 3.63) is 34.2 Å². The van der Waals surface area contributed by atoms with E-state index >= 15 is 0 Å². The van der Waals surface area contributed by atoms with Crippen molar-refractivity contribution in [2.75, 3.05) is 27.4 Å². The molecule has 0 aliphatic carbocycles. The molecule has 1 aliphatic rings. The molecule has 0 bridgehead atoms. The first kappa shape index (κ1) is 16.0. The van der Waals surface area contributed by atoms with Crippen molar-refractivity contribution in [1.82, 2.24) is 4.90 Å².